The number of fused-ring (bicyclic) bond motifs is 2. The van der Waals surface area contributed by atoms with Crippen molar-refractivity contribution in [3.05, 3.63) is 89.5 Å². The molecule has 0 saturated heterocycles. The number of ether oxygens (including phenoxy) is 2. The summed E-state index contributed by atoms with van der Waals surface area (Å²) in [5, 5.41) is 0. The monoisotopic (exact) mass is 527 g/mol. The predicted molar refractivity (Wildman–Crippen MR) is 152 cm³/mol. The zero-order valence-corrected chi connectivity index (χ0v) is 22.8. The van der Waals surface area contributed by atoms with Gasteiger partial charge in [0.05, 0.1) is 0 Å². The van der Waals surface area contributed by atoms with E-state index in [9.17, 15) is 9.59 Å². The van der Waals surface area contributed by atoms with Crippen LogP contribution in [0.15, 0.2) is 72.8 Å². The zero-order chi connectivity index (χ0) is 27.2. The number of carbonyl (C=O) groups excluding carboxylic acids is 2. The lowest BCUT2D eigenvalue weighted by molar-refractivity contribution is -0.118. The summed E-state index contributed by atoms with van der Waals surface area (Å²) in [4.78, 5) is 33.7. The summed E-state index contributed by atoms with van der Waals surface area (Å²) in [6.45, 7) is 7.79. The van der Waals surface area contributed by atoms with Crippen LogP contribution < -0.4 is 14.4 Å². The molecule has 7 nitrogen and oxygen atoms in total. The summed E-state index contributed by atoms with van der Waals surface area (Å²) < 4.78 is 11.0. The summed E-state index contributed by atoms with van der Waals surface area (Å²) in [6, 6.07) is 23.8. The fourth-order valence-electron chi connectivity index (χ4n) is 5.30. The molecule has 0 atom stereocenters. The molecule has 7 heteroatoms. The quantitative estimate of drug-likeness (QED) is 0.460. The van der Waals surface area contributed by atoms with Crippen molar-refractivity contribution >= 4 is 17.5 Å². The van der Waals surface area contributed by atoms with E-state index in [1.54, 1.807) is 18.2 Å². The number of anilines is 1. The molecule has 0 spiro atoms. The molecule has 0 radical (unpaired) electrons. The van der Waals surface area contributed by atoms with E-state index in [1.807, 2.05) is 52.3 Å². The topological polar surface area (TPSA) is 62.3 Å². The Hall–Kier alpha value is -3.84. The lowest BCUT2D eigenvalue weighted by Crippen LogP contribution is -2.41. The molecule has 2 aliphatic heterocycles. The number of para-hydroxylation sites is 1. The Kier molecular flexibility index (Phi) is 8.47. The smallest absolute Gasteiger partial charge is 0.254 e. The first-order valence-corrected chi connectivity index (χ1v) is 13.8. The third kappa shape index (κ3) is 6.42. The number of rotatable bonds is 5. The lowest BCUT2D eigenvalue weighted by atomic mass is 10.1. The first kappa shape index (κ1) is 26.8. The van der Waals surface area contributed by atoms with Gasteiger partial charge in [0.2, 0.25) is 12.7 Å². The molecule has 39 heavy (non-hydrogen) atoms. The highest BCUT2D eigenvalue weighted by Crippen LogP contribution is 2.33. The van der Waals surface area contributed by atoms with Crippen LogP contribution in [0, 0.1) is 0 Å². The summed E-state index contributed by atoms with van der Waals surface area (Å²) in [7, 11) is 0. The first-order chi connectivity index (χ1) is 19.0. The van der Waals surface area contributed by atoms with E-state index in [4.69, 9.17) is 9.47 Å². The van der Waals surface area contributed by atoms with E-state index < -0.39 is 0 Å². The van der Waals surface area contributed by atoms with E-state index in [2.05, 4.69) is 30.9 Å². The molecule has 0 aliphatic carbocycles. The molecule has 2 amide bonds. The van der Waals surface area contributed by atoms with Crippen LogP contribution >= 0.6 is 0 Å². The Balaban J connectivity index is 1.43. The van der Waals surface area contributed by atoms with Crippen LogP contribution in [0.2, 0.25) is 0 Å². The predicted octanol–water partition coefficient (Wildman–Crippen LogP) is 5.14. The highest BCUT2D eigenvalue weighted by atomic mass is 16.7. The summed E-state index contributed by atoms with van der Waals surface area (Å²) >= 11 is 0. The average Bonchev–Trinajstić information content (AvgIpc) is 3.42. The Morgan fingerprint density at radius 2 is 1.62 bits per heavy atom. The number of benzene rings is 3. The van der Waals surface area contributed by atoms with Gasteiger partial charge in [-0.15, -0.1) is 0 Å². The van der Waals surface area contributed by atoms with Crippen LogP contribution in [0.3, 0.4) is 0 Å². The zero-order valence-electron chi connectivity index (χ0n) is 22.8. The van der Waals surface area contributed by atoms with Crippen LogP contribution in [0.25, 0.3) is 0 Å². The molecule has 3 aromatic rings. The normalized spacial score (nSPS) is 16.1. The van der Waals surface area contributed by atoms with Gasteiger partial charge in [-0.2, -0.15) is 0 Å². The highest BCUT2D eigenvalue weighted by molar-refractivity contribution is 5.96. The van der Waals surface area contributed by atoms with E-state index in [1.165, 1.54) is 0 Å². The van der Waals surface area contributed by atoms with Gasteiger partial charge in [-0.05, 0) is 62.1 Å². The number of carbonyl (C=O) groups is 2. The summed E-state index contributed by atoms with van der Waals surface area (Å²) in [5.41, 5.74) is 3.58. The number of hydrogen-bond donors (Lipinski definition) is 0. The van der Waals surface area contributed by atoms with Crippen molar-refractivity contribution in [1.82, 2.24) is 9.80 Å². The lowest BCUT2D eigenvalue weighted by Gasteiger charge is -2.30. The highest BCUT2D eigenvalue weighted by Gasteiger charge is 2.26. The Morgan fingerprint density at radius 3 is 2.44 bits per heavy atom. The van der Waals surface area contributed by atoms with Gasteiger partial charge in [-0.3, -0.25) is 14.5 Å². The van der Waals surface area contributed by atoms with Gasteiger partial charge in [0, 0.05) is 56.4 Å². The van der Waals surface area contributed by atoms with Gasteiger partial charge in [-0.25, -0.2) is 0 Å². The van der Waals surface area contributed by atoms with Crippen molar-refractivity contribution in [3.63, 3.8) is 0 Å². The Morgan fingerprint density at radius 1 is 0.846 bits per heavy atom. The minimum absolute atomic E-state index is 0.0620. The molecule has 2 aliphatic rings. The van der Waals surface area contributed by atoms with Gasteiger partial charge in [-0.1, -0.05) is 48.5 Å². The van der Waals surface area contributed by atoms with Crippen molar-refractivity contribution in [2.75, 3.05) is 37.9 Å². The number of amides is 2. The Labute approximate surface area is 230 Å². The minimum Gasteiger partial charge on any atom is -0.454 e. The molecule has 0 saturated carbocycles. The maximum Gasteiger partial charge on any atom is 0.254 e. The van der Waals surface area contributed by atoms with Gasteiger partial charge < -0.3 is 19.3 Å². The molecular weight excluding hydrogens is 490 g/mol. The first-order valence-electron chi connectivity index (χ1n) is 13.8. The largest absolute Gasteiger partial charge is 0.454 e. The number of aryl methyl sites for hydroxylation is 1. The molecular formula is C32H37N3O4. The number of nitrogens with zero attached hydrogens (tertiary/aromatic N) is 3. The molecule has 0 aromatic heterocycles. The van der Waals surface area contributed by atoms with Crippen molar-refractivity contribution in [2.45, 2.75) is 45.7 Å². The van der Waals surface area contributed by atoms with Crippen molar-refractivity contribution in [1.29, 1.82) is 0 Å². The molecule has 0 bridgehead atoms. The van der Waals surface area contributed by atoms with Crippen molar-refractivity contribution in [2.24, 2.45) is 0 Å². The second-order valence-electron chi connectivity index (χ2n) is 10.4. The van der Waals surface area contributed by atoms with Crippen LogP contribution in [0.1, 0.15) is 48.2 Å². The Bertz CT molecular complexity index is 1290. The maximum atomic E-state index is 13.8. The molecule has 5 rings (SSSR count). The van der Waals surface area contributed by atoms with Crippen LogP contribution in [-0.4, -0.2) is 60.6 Å². The standard InChI is InChI=1S/C32H37N3O4/c1-24(2)33-17-8-18-35(31(36)16-13-25-9-4-3-5-10-25)28-12-7-6-11-27(28)22-34(20-19-33)32(37)26-14-15-29-30(21-26)39-23-38-29/h3-7,9-12,14-15,21,24H,8,13,16-20,22-23H2,1-2H3. The SMILES string of the molecule is CC(C)N1CCCN(C(=O)CCc2ccccc2)c2ccccc2CN(C(=O)c2ccc3c(c2)OCO3)CC1. The van der Waals surface area contributed by atoms with E-state index in [-0.39, 0.29) is 18.6 Å². The second kappa shape index (κ2) is 12.3. The molecule has 0 fully saturated rings. The van der Waals surface area contributed by atoms with Crippen molar-refractivity contribution < 1.29 is 19.1 Å². The summed E-state index contributed by atoms with van der Waals surface area (Å²) in [5.74, 6) is 1.30. The third-order valence-electron chi connectivity index (χ3n) is 7.54. The van der Waals surface area contributed by atoms with Crippen LogP contribution in [0.4, 0.5) is 5.69 Å². The van der Waals surface area contributed by atoms with Gasteiger partial charge >= 0.3 is 0 Å². The van der Waals surface area contributed by atoms with Crippen LogP contribution in [-0.2, 0) is 17.8 Å². The molecule has 0 unspecified atom stereocenters. The average molecular weight is 528 g/mol. The molecule has 2 heterocycles. The molecule has 204 valence electrons. The van der Waals surface area contributed by atoms with E-state index in [0.717, 1.165) is 36.3 Å². The van der Waals surface area contributed by atoms with Gasteiger partial charge in [0.15, 0.2) is 11.5 Å². The minimum atomic E-state index is -0.0620. The van der Waals surface area contributed by atoms with Crippen LogP contribution in [0.5, 0.6) is 11.5 Å². The molecule has 0 N–H and O–H groups in total. The summed E-state index contributed by atoms with van der Waals surface area (Å²) in [6.07, 6.45) is 2.00. The fraction of sp³-hybridized carbons (Fsp3) is 0.375. The molecule has 3 aromatic carbocycles. The second-order valence-corrected chi connectivity index (χ2v) is 10.4. The number of hydrogen-bond acceptors (Lipinski definition) is 5. The van der Waals surface area contributed by atoms with E-state index in [0.29, 0.717) is 55.6 Å². The maximum absolute atomic E-state index is 13.8. The fourth-order valence-corrected chi connectivity index (χ4v) is 5.30. The van der Waals surface area contributed by atoms with Gasteiger partial charge in [0.1, 0.15) is 0 Å². The van der Waals surface area contributed by atoms with Gasteiger partial charge in [0.25, 0.3) is 5.91 Å². The van der Waals surface area contributed by atoms with E-state index >= 15 is 0 Å². The third-order valence-corrected chi connectivity index (χ3v) is 7.54. The van der Waals surface area contributed by atoms with Crippen molar-refractivity contribution in [3.8, 4) is 11.5 Å².